The van der Waals surface area contributed by atoms with Crippen LogP contribution in [0.1, 0.15) is 12.8 Å². The van der Waals surface area contributed by atoms with E-state index in [0.717, 1.165) is 31.6 Å². The first-order valence-corrected chi connectivity index (χ1v) is 8.38. The van der Waals surface area contributed by atoms with Gasteiger partial charge in [0.2, 0.25) is 9.84 Å². The fourth-order valence-electron chi connectivity index (χ4n) is 2.06. The van der Waals surface area contributed by atoms with Gasteiger partial charge in [0.15, 0.2) is 0 Å². The minimum absolute atomic E-state index is 0.332. The lowest BCUT2D eigenvalue weighted by atomic mass is 10.1. The van der Waals surface area contributed by atoms with Crippen LogP contribution in [0.25, 0.3) is 0 Å². The first-order valence-electron chi connectivity index (χ1n) is 5.92. The molecule has 0 N–H and O–H groups in total. The van der Waals surface area contributed by atoms with E-state index in [0.29, 0.717) is 4.83 Å². The highest BCUT2D eigenvalue weighted by Gasteiger charge is 2.26. The molecule has 1 aromatic carbocycles. The second kappa shape index (κ2) is 5.75. The molecule has 7 heteroatoms. The number of anilines is 1. The van der Waals surface area contributed by atoms with E-state index >= 15 is 0 Å². The van der Waals surface area contributed by atoms with Crippen molar-refractivity contribution in [3.05, 3.63) is 24.3 Å². The molecule has 1 saturated heterocycles. The maximum atomic E-state index is 12.4. The normalized spacial score (nSPS) is 18.0. The number of alkyl halides is 3. The van der Waals surface area contributed by atoms with Crippen LogP contribution in [-0.2, 0) is 9.84 Å². The van der Waals surface area contributed by atoms with Gasteiger partial charge >= 0.3 is 5.76 Å². The van der Waals surface area contributed by atoms with Gasteiger partial charge in [-0.1, -0.05) is 15.9 Å². The summed E-state index contributed by atoms with van der Waals surface area (Å²) in [6.07, 6.45) is 2.02. The monoisotopic (exact) mass is 353 g/mol. The predicted octanol–water partition coefficient (Wildman–Crippen LogP) is 3.05. The zero-order chi connectivity index (χ0) is 14.0. The fraction of sp³-hybridized carbons (Fsp3) is 0.500. The summed E-state index contributed by atoms with van der Waals surface area (Å²) in [5.74, 6) is -3.37. The Kier molecular flexibility index (Phi) is 4.45. The number of sulfone groups is 1. The molecule has 1 aromatic rings. The van der Waals surface area contributed by atoms with Gasteiger partial charge in [0.1, 0.15) is 0 Å². The van der Waals surface area contributed by atoms with Crippen LogP contribution in [0.4, 0.5) is 14.5 Å². The molecular formula is C12H14BrF2NO2S. The van der Waals surface area contributed by atoms with Crippen molar-refractivity contribution in [2.24, 2.45) is 0 Å². The molecule has 0 aliphatic carbocycles. The molecule has 0 unspecified atom stereocenters. The Balaban J connectivity index is 2.15. The third kappa shape index (κ3) is 3.25. The third-order valence-electron chi connectivity index (χ3n) is 3.19. The maximum absolute atomic E-state index is 12.4. The molecule has 19 heavy (non-hydrogen) atoms. The zero-order valence-electron chi connectivity index (χ0n) is 10.1. The van der Waals surface area contributed by atoms with Crippen LogP contribution >= 0.6 is 15.9 Å². The first-order chi connectivity index (χ1) is 8.91. The van der Waals surface area contributed by atoms with Gasteiger partial charge < -0.3 is 4.90 Å². The molecule has 0 amide bonds. The van der Waals surface area contributed by atoms with Gasteiger partial charge in [-0.3, -0.25) is 0 Å². The van der Waals surface area contributed by atoms with Crippen molar-refractivity contribution in [1.29, 1.82) is 0 Å². The van der Waals surface area contributed by atoms with Gasteiger partial charge in [0.05, 0.1) is 4.90 Å². The largest absolute Gasteiger partial charge is 0.371 e. The second-order valence-electron chi connectivity index (χ2n) is 4.46. The molecule has 0 bridgehead atoms. The van der Waals surface area contributed by atoms with Crippen LogP contribution < -0.4 is 4.90 Å². The molecule has 1 aliphatic rings. The van der Waals surface area contributed by atoms with Gasteiger partial charge in [-0.05, 0) is 37.1 Å². The highest BCUT2D eigenvalue weighted by Crippen LogP contribution is 2.26. The number of halogens is 3. The number of rotatable bonds is 3. The molecule has 3 nitrogen and oxygen atoms in total. The van der Waals surface area contributed by atoms with Crippen LogP contribution in [0.3, 0.4) is 0 Å². The summed E-state index contributed by atoms with van der Waals surface area (Å²) >= 11 is 3.55. The Morgan fingerprint density at radius 3 is 2.16 bits per heavy atom. The van der Waals surface area contributed by atoms with Crippen LogP contribution in [-0.4, -0.2) is 32.1 Å². The molecule has 0 radical (unpaired) electrons. The molecule has 106 valence electrons. The zero-order valence-corrected chi connectivity index (χ0v) is 12.5. The van der Waals surface area contributed by atoms with Gasteiger partial charge in [-0.25, -0.2) is 8.42 Å². The van der Waals surface area contributed by atoms with Crippen molar-refractivity contribution < 1.29 is 17.2 Å². The molecule has 0 spiro atoms. The standard InChI is InChI=1S/C12H14BrF2NO2S/c13-9-5-7-16(8-6-9)10-1-3-11(4-2-10)19(17,18)12(14)15/h1-4,9,12H,5-8H2. The van der Waals surface area contributed by atoms with Crippen molar-refractivity contribution in [3.8, 4) is 0 Å². The van der Waals surface area contributed by atoms with E-state index in [9.17, 15) is 17.2 Å². The highest BCUT2D eigenvalue weighted by molar-refractivity contribution is 9.09. The van der Waals surface area contributed by atoms with Crippen LogP contribution in [0.5, 0.6) is 0 Å². The number of benzene rings is 1. The Morgan fingerprint density at radius 2 is 1.68 bits per heavy atom. The average Bonchev–Trinajstić information content (AvgIpc) is 2.39. The minimum Gasteiger partial charge on any atom is -0.371 e. The van der Waals surface area contributed by atoms with Crippen molar-refractivity contribution >= 4 is 31.5 Å². The van der Waals surface area contributed by atoms with E-state index in [2.05, 4.69) is 20.8 Å². The van der Waals surface area contributed by atoms with Gasteiger partial charge in [-0.2, -0.15) is 8.78 Å². The number of piperidine rings is 1. The Labute approximate surface area is 119 Å². The lowest BCUT2D eigenvalue weighted by Crippen LogP contribution is -2.33. The third-order valence-corrected chi connectivity index (χ3v) is 5.50. The summed E-state index contributed by atoms with van der Waals surface area (Å²) in [6.45, 7) is 1.74. The van der Waals surface area contributed by atoms with Crippen LogP contribution in [0.15, 0.2) is 29.2 Å². The van der Waals surface area contributed by atoms with Gasteiger partial charge in [-0.15, -0.1) is 0 Å². The first kappa shape index (κ1) is 14.7. The van der Waals surface area contributed by atoms with E-state index in [4.69, 9.17) is 0 Å². The van der Waals surface area contributed by atoms with Crippen molar-refractivity contribution in [2.45, 2.75) is 28.3 Å². The van der Waals surface area contributed by atoms with E-state index in [1.165, 1.54) is 12.1 Å². The van der Waals surface area contributed by atoms with Gasteiger partial charge in [0.25, 0.3) is 0 Å². The molecule has 1 heterocycles. The molecule has 0 aromatic heterocycles. The average molecular weight is 354 g/mol. The van der Waals surface area contributed by atoms with Crippen molar-refractivity contribution in [2.75, 3.05) is 18.0 Å². The predicted molar refractivity (Wildman–Crippen MR) is 73.8 cm³/mol. The van der Waals surface area contributed by atoms with E-state index < -0.39 is 15.6 Å². The van der Waals surface area contributed by atoms with E-state index in [1.807, 2.05) is 0 Å². The van der Waals surface area contributed by atoms with Crippen LogP contribution in [0.2, 0.25) is 0 Å². The van der Waals surface area contributed by atoms with Crippen molar-refractivity contribution in [3.63, 3.8) is 0 Å². The summed E-state index contributed by atoms with van der Waals surface area (Å²) < 4.78 is 47.4. The second-order valence-corrected chi connectivity index (χ2v) is 7.67. The topological polar surface area (TPSA) is 37.4 Å². The number of nitrogens with zero attached hydrogens (tertiary/aromatic N) is 1. The number of hydrogen-bond acceptors (Lipinski definition) is 3. The fourth-order valence-corrected chi connectivity index (χ4v) is 3.19. The summed E-state index contributed by atoms with van der Waals surface area (Å²) in [4.78, 5) is 2.31. The summed E-state index contributed by atoms with van der Waals surface area (Å²) in [5, 5.41) is 0. The molecule has 0 atom stereocenters. The van der Waals surface area contributed by atoms with Crippen LogP contribution in [0, 0.1) is 0 Å². The van der Waals surface area contributed by atoms with E-state index in [1.54, 1.807) is 12.1 Å². The van der Waals surface area contributed by atoms with Gasteiger partial charge in [0, 0.05) is 23.6 Å². The molecule has 1 fully saturated rings. The quantitative estimate of drug-likeness (QED) is 0.783. The minimum atomic E-state index is -4.49. The smallest absolute Gasteiger partial charge is 0.341 e. The number of hydrogen-bond donors (Lipinski definition) is 0. The van der Waals surface area contributed by atoms with E-state index in [-0.39, 0.29) is 4.90 Å². The Bertz CT molecular complexity index is 525. The molecule has 1 aliphatic heterocycles. The lowest BCUT2D eigenvalue weighted by Gasteiger charge is -2.31. The summed E-state index contributed by atoms with van der Waals surface area (Å²) in [6, 6.07) is 5.67. The molecule has 2 rings (SSSR count). The maximum Gasteiger partial charge on any atom is 0.341 e. The van der Waals surface area contributed by atoms with Crippen molar-refractivity contribution in [1.82, 2.24) is 0 Å². The molecular weight excluding hydrogens is 340 g/mol. The summed E-state index contributed by atoms with van der Waals surface area (Å²) in [7, 11) is -4.49. The Hall–Kier alpha value is -0.690. The molecule has 0 saturated carbocycles. The Morgan fingerprint density at radius 1 is 1.16 bits per heavy atom. The SMILES string of the molecule is O=S(=O)(c1ccc(N2CCC(Br)CC2)cc1)C(F)F. The lowest BCUT2D eigenvalue weighted by molar-refractivity contribution is 0.234. The summed E-state index contributed by atoms with van der Waals surface area (Å²) in [5.41, 5.74) is 0.868. The highest BCUT2D eigenvalue weighted by atomic mass is 79.9.